The molecule has 0 N–H and O–H groups in total. The van der Waals surface area contributed by atoms with E-state index in [1.54, 1.807) is 6.07 Å². The van der Waals surface area contributed by atoms with Crippen LogP contribution in [0.3, 0.4) is 0 Å². The Morgan fingerprint density at radius 1 is 1.17 bits per heavy atom. The maximum absolute atomic E-state index is 13.6. The summed E-state index contributed by atoms with van der Waals surface area (Å²) in [5.74, 6) is -0.0560. The summed E-state index contributed by atoms with van der Waals surface area (Å²) in [7, 11) is 0. The number of nitrogens with zero attached hydrogens (tertiary/aromatic N) is 2. The molecule has 4 rings (SSSR count). The number of carbonyl (C=O) groups is 1. The Bertz CT molecular complexity index is 888. The van der Waals surface area contributed by atoms with Gasteiger partial charge in [-0.2, -0.15) is 0 Å². The molecular formula is C24H27FN2O2. The summed E-state index contributed by atoms with van der Waals surface area (Å²) in [6.07, 6.45) is 4.57. The van der Waals surface area contributed by atoms with Crippen molar-refractivity contribution in [2.75, 3.05) is 6.54 Å². The van der Waals surface area contributed by atoms with Crippen LogP contribution >= 0.6 is 0 Å². The summed E-state index contributed by atoms with van der Waals surface area (Å²) in [5.41, 5.74) is 3.97. The number of hydrogen-bond acceptors (Lipinski definition) is 3. The summed E-state index contributed by atoms with van der Waals surface area (Å²) in [4.78, 5) is 20.7. The van der Waals surface area contributed by atoms with Crippen LogP contribution in [0.4, 0.5) is 4.39 Å². The van der Waals surface area contributed by atoms with Crippen molar-refractivity contribution in [3.63, 3.8) is 0 Å². The molecule has 0 bridgehead atoms. The van der Waals surface area contributed by atoms with Gasteiger partial charge < -0.3 is 9.74 Å². The molecular weight excluding hydrogens is 367 g/mol. The lowest BCUT2D eigenvalue weighted by Crippen LogP contribution is -2.40. The predicted molar refractivity (Wildman–Crippen MR) is 111 cm³/mol. The summed E-state index contributed by atoms with van der Waals surface area (Å²) in [5, 5.41) is 4.27. The Hall–Kier alpha value is -2.69. The largest absolute Gasteiger partial charge is 0.390 e. The molecule has 1 amide bonds. The van der Waals surface area contributed by atoms with Crippen molar-refractivity contribution in [1.82, 2.24) is 4.90 Å². The van der Waals surface area contributed by atoms with Gasteiger partial charge >= 0.3 is 0 Å². The summed E-state index contributed by atoms with van der Waals surface area (Å²) < 4.78 is 13.6. The number of carbonyl (C=O) groups excluding carboxylic acids is 1. The van der Waals surface area contributed by atoms with E-state index in [2.05, 4.69) is 24.2 Å². The zero-order valence-electron chi connectivity index (χ0n) is 16.8. The SMILES string of the molecule is Cc1ccc(C2=NO[C@H](CN(Cc3cccc(F)c3)C(=O)C3CCCC3)C2)cc1. The van der Waals surface area contributed by atoms with Gasteiger partial charge in [0.2, 0.25) is 5.91 Å². The van der Waals surface area contributed by atoms with Crippen molar-refractivity contribution in [1.29, 1.82) is 0 Å². The quantitative estimate of drug-likeness (QED) is 0.703. The van der Waals surface area contributed by atoms with Gasteiger partial charge in [-0.05, 0) is 43.0 Å². The molecule has 152 valence electrons. The third-order valence-corrected chi connectivity index (χ3v) is 5.82. The first-order valence-corrected chi connectivity index (χ1v) is 10.4. The smallest absolute Gasteiger partial charge is 0.226 e. The third-order valence-electron chi connectivity index (χ3n) is 5.82. The van der Waals surface area contributed by atoms with E-state index in [0.29, 0.717) is 19.5 Å². The van der Waals surface area contributed by atoms with E-state index >= 15 is 0 Å². The Morgan fingerprint density at radius 3 is 2.66 bits per heavy atom. The highest BCUT2D eigenvalue weighted by Crippen LogP contribution is 2.28. The monoisotopic (exact) mass is 394 g/mol. The van der Waals surface area contributed by atoms with Gasteiger partial charge in [0.1, 0.15) is 5.82 Å². The number of benzene rings is 2. The molecule has 2 aromatic carbocycles. The first-order valence-electron chi connectivity index (χ1n) is 10.4. The van der Waals surface area contributed by atoms with Crippen molar-refractivity contribution in [3.05, 3.63) is 71.0 Å². The molecule has 2 aliphatic rings. The number of amides is 1. The zero-order valence-corrected chi connectivity index (χ0v) is 16.8. The van der Waals surface area contributed by atoms with Crippen molar-refractivity contribution in [2.45, 2.75) is 51.7 Å². The van der Waals surface area contributed by atoms with Crippen molar-refractivity contribution < 1.29 is 14.0 Å². The van der Waals surface area contributed by atoms with Gasteiger partial charge in [0, 0.05) is 18.9 Å². The average molecular weight is 394 g/mol. The first-order chi connectivity index (χ1) is 14.1. The lowest BCUT2D eigenvalue weighted by Gasteiger charge is -2.27. The molecule has 4 nitrogen and oxygen atoms in total. The third kappa shape index (κ3) is 4.84. The Balaban J connectivity index is 1.45. The predicted octanol–water partition coefficient (Wildman–Crippen LogP) is 4.85. The van der Waals surface area contributed by atoms with E-state index in [-0.39, 0.29) is 23.7 Å². The molecule has 0 aromatic heterocycles. The molecule has 1 aliphatic heterocycles. The second-order valence-corrected chi connectivity index (χ2v) is 8.17. The van der Waals surface area contributed by atoms with Gasteiger partial charge in [0.15, 0.2) is 6.10 Å². The standard InChI is InChI=1S/C24H27FN2O2/c1-17-9-11-19(12-10-17)23-14-22(29-26-23)16-27(24(28)20-6-2-3-7-20)15-18-5-4-8-21(25)13-18/h4-5,8-13,20,22H,2-3,6-7,14-16H2,1H3/t22-/m0/s1. The number of oxime groups is 1. The molecule has 1 heterocycles. The van der Waals surface area contributed by atoms with E-state index < -0.39 is 0 Å². The molecule has 1 aliphatic carbocycles. The fraction of sp³-hybridized carbons (Fsp3) is 0.417. The van der Waals surface area contributed by atoms with Crippen LogP contribution < -0.4 is 0 Å². The maximum Gasteiger partial charge on any atom is 0.226 e. The summed E-state index contributed by atoms with van der Waals surface area (Å²) in [6, 6.07) is 14.7. The van der Waals surface area contributed by atoms with Crippen LogP contribution in [0.2, 0.25) is 0 Å². The number of rotatable bonds is 6. The van der Waals surface area contributed by atoms with E-state index in [1.165, 1.54) is 17.7 Å². The van der Waals surface area contributed by atoms with Crippen LogP contribution in [0.5, 0.6) is 0 Å². The zero-order chi connectivity index (χ0) is 20.2. The molecule has 1 fully saturated rings. The number of hydrogen-bond donors (Lipinski definition) is 0. The van der Waals surface area contributed by atoms with Gasteiger partial charge in [0.25, 0.3) is 0 Å². The van der Waals surface area contributed by atoms with Gasteiger partial charge in [-0.3, -0.25) is 4.79 Å². The van der Waals surface area contributed by atoms with Crippen LogP contribution in [0.1, 0.15) is 48.8 Å². The molecule has 1 saturated carbocycles. The molecule has 0 saturated heterocycles. The lowest BCUT2D eigenvalue weighted by molar-refractivity contribution is -0.137. The normalized spacial score (nSPS) is 19.1. The minimum absolute atomic E-state index is 0.0717. The van der Waals surface area contributed by atoms with E-state index in [0.717, 1.165) is 42.5 Å². The van der Waals surface area contributed by atoms with Gasteiger partial charge in [-0.1, -0.05) is 60.0 Å². The fourth-order valence-corrected chi connectivity index (χ4v) is 4.21. The highest BCUT2D eigenvalue weighted by atomic mass is 19.1. The van der Waals surface area contributed by atoms with Crippen molar-refractivity contribution >= 4 is 11.6 Å². The molecule has 29 heavy (non-hydrogen) atoms. The molecule has 0 radical (unpaired) electrons. The first kappa shape index (κ1) is 19.6. The highest BCUT2D eigenvalue weighted by Gasteiger charge is 2.31. The Morgan fingerprint density at radius 2 is 1.93 bits per heavy atom. The second-order valence-electron chi connectivity index (χ2n) is 8.17. The average Bonchev–Trinajstić information content (AvgIpc) is 3.40. The minimum Gasteiger partial charge on any atom is -0.390 e. The van der Waals surface area contributed by atoms with Gasteiger partial charge in [0.05, 0.1) is 12.3 Å². The van der Waals surface area contributed by atoms with E-state index in [9.17, 15) is 9.18 Å². The summed E-state index contributed by atoms with van der Waals surface area (Å²) >= 11 is 0. The van der Waals surface area contributed by atoms with Crippen LogP contribution in [0.25, 0.3) is 0 Å². The Kier molecular flexibility index (Phi) is 5.93. The van der Waals surface area contributed by atoms with Gasteiger partial charge in [-0.15, -0.1) is 0 Å². The number of halogens is 1. The highest BCUT2D eigenvalue weighted by molar-refractivity contribution is 6.01. The fourth-order valence-electron chi connectivity index (χ4n) is 4.21. The number of aryl methyl sites for hydroxylation is 1. The molecule has 0 spiro atoms. The summed E-state index contributed by atoms with van der Waals surface area (Å²) in [6.45, 7) is 2.91. The minimum atomic E-state index is -0.280. The molecule has 1 atom stereocenters. The topological polar surface area (TPSA) is 41.9 Å². The molecule has 2 aromatic rings. The molecule has 0 unspecified atom stereocenters. The van der Waals surface area contributed by atoms with Gasteiger partial charge in [-0.25, -0.2) is 4.39 Å². The maximum atomic E-state index is 13.6. The van der Waals surface area contributed by atoms with Crippen LogP contribution in [-0.4, -0.2) is 29.2 Å². The van der Waals surface area contributed by atoms with Crippen molar-refractivity contribution in [2.24, 2.45) is 11.1 Å². The van der Waals surface area contributed by atoms with Crippen LogP contribution in [0.15, 0.2) is 53.7 Å². The van der Waals surface area contributed by atoms with E-state index in [4.69, 9.17) is 4.84 Å². The van der Waals surface area contributed by atoms with Crippen LogP contribution in [0, 0.1) is 18.7 Å². The van der Waals surface area contributed by atoms with Crippen LogP contribution in [-0.2, 0) is 16.2 Å². The Labute approximate surface area is 171 Å². The molecule has 5 heteroatoms. The van der Waals surface area contributed by atoms with Crippen molar-refractivity contribution in [3.8, 4) is 0 Å². The second kappa shape index (κ2) is 8.76. The lowest BCUT2D eigenvalue weighted by atomic mass is 10.0. The van der Waals surface area contributed by atoms with E-state index in [1.807, 2.05) is 23.1 Å².